The summed E-state index contributed by atoms with van der Waals surface area (Å²) in [6.07, 6.45) is -1.65. The summed E-state index contributed by atoms with van der Waals surface area (Å²) in [5.74, 6) is -0.427. The second-order valence-electron chi connectivity index (χ2n) is 3.79. The molecular formula is C12H16N2O6. The summed E-state index contributed by atoms with van der Waals surface area (Å²) < 4.78 is 10.1. The molecule has 0 spiro atoms. The SMILES string of the molecule is COc1cc(NC(=O)NC[C@H](O)C(=O)O)cc(OC)c1. The number of anilines is 1. The summed E-state index contributed by atoms with van der Waals surface area (Å²) in [5, 5.41) is 22.2. The lowest BCUT2D eigenvalue weighted by Crippen LogP contribution is -2.38. The zero-order valence-corrected chi connectivity index (χ0v) is 11.0. The fourth-order valence-electron chi connectivity index (χ4n) is 1.33. The third-order valence-electron chi connectivity index (χ3n) is 2.35. The molecule has 1 rings (SSSR count). The Labute approximate surface area is 115 Å². The molecule has 0 radical (unpaired) electrons. The lowest BCUT2D eigenvalue weighted by molar-refractivity contribution is -0.146. The second kappa shape index (κ2) is 7.19. The molecule has 0 saturated carbocycles. The van der Waals surface area contributed by atoms with Crippen molar-refractivity contribution in [2.45, 2.75) is 6.10 Å². The smallest absolute Gasteiger partial charge is 0.334 e. The van der Waals surface area contributed by atoms with Gasteiger partial charge in [-0.05, 0) is 0 Å². The van der Waals surface area contributed by atoms with E-state index in [0.29, 0.717) is 17.2 Å². The Morgan fingerprint density at radius 3 is 2.20 bits per heavy atom. The first-order valence-electron chi connectivity index (χ1n) is 5.65. The normalized spacial score (nSPS) is 11.3. The number of carbonyl (C=O) groups is 2. The van der Waals surface area contributed by atoms with Gasteiger partial charge in [0.05, 0.1) is 20.8 Å². The van der Waals surface area contributed by atoms with Crippen LogP contribution in [-0.2, 0) is 4.79 Å². The zero-order valence-electron chi connectivity index (χ0n) is 11.0. The highest BCUT2D eigenvalue weighted by Gasteiger charge is 2.14. The lowest BCUT2D eigenvalue weighted by Gasteiger charge is -2.11. The average Bonchev–Trinajstić information content (AvgIpc) is 2.43. The first kappa shape index (κ1) is 15.6. The minimum atomic E-state index is -1.65. The van der Waals surface area contributed by atoms with Crippen LogP contribution in [0.3, 0.4) is 0 Å². The number of hydrogen-bond donors (Lipinski definition) is 4. The molecule has 0 bridgehead atoms. The van der Waals surface area contributed by atoms with Crippen LogP contribution in [-0.4, -0.2) is 49.1 Å². The van der Waals surface area contributed by atoms with Crippen LogP contribution < -0.4 is 20.1 Å². The quantitative estimate of drug-likeness (QED) is 0.595. The Bertz CT molecular complexity index is 469. The number of carboxylic acid groups (broad SMARTS) is 1. The predicted octanol–water partition coefficient (Wildman–Crippen LogP) is 0.271. The molecule has 0 aliphatic heterocycles. The molecule has 1 aromatic rings. The van der Waals surface area contributed by atoms with Crippen LogP contribution in [0, 0.1) is 0 Å². The highest BCUT2D eigenvalue weighted by atomic mass is 16.5. The van der Waals surface area contributed by atoms with Gasteiger partial charge in [-0.1, -0.05) is 0 Å². The van der Waals surface area contributed by atoms with E-state index in [1.807, 2.05) is 0 Å². The number of nitrogens with one attached hydrogen (secondary N) is 2. The van der Waals surface area contributed by atoms with Crippen LogP contribution in [0.5, 0.6) is 11.5 Å². The van der Waals surface area contributed by atoms with E-state index in [-0.39, 0.29) is 0 Å². The summed E-state index contributed by atoms with van der Waals surface area (Å²) in [6.45, 7) is -0.401. The van der Waals surface area contributed by atoms with E-state index in [2.05, 4.69) is 10.6 Å². The van der Waals surface area contributed by atoms with Gasteiger partial charge in [0.25, 0.3) is 0 Å². The fourth-order valence-corrected chi connectivity index (χ4v) is 1.33. The van der Waals surface area contributed by atoms with Gasteiger partial charge in [0.2, 0.25) is 0 Å². The van der Waals surface area contributed by atoms with Gasteiger partial charge in [-0.25, -0.2) is 9.59 Å². The van der Waals surface area contributed by atoms with Crippen LogP contribution in [0.4, 0.5) is 10.5 Å². The van der Waals surface area contributed by atoms with Crippen molar-refractivity contribution in [1.29, 1.82) is 0 Å². The van der Waals surface area contributed by atoms with Crippen LogP contribution >= 0.6 is 0 Å². The van der Waals surface area contributed by atoms with Crippen molar-refractivity contribution in [3.63, 3.8) is 0 Å². The Balaban J connectivity index is 2.63. The largest absolute Gasteiger partial charge is 0.497 e. The fraction of sp³-hybridized carbons (Fsp3) is 0.333. The van der Waals surface area contributed by atoms with E-state index in [0.717, 1.165) is 0 Å². The lowest BCUT2D eigenvalue weighted by atomic mass is 10.3. The average molecular weight is 284 g/mol. The predicted molar refractivity (Wildman–Crippen MR) is 70.2 cm³/mol. The molecule has 8 nitrogen and oxygen atoms in total. The topological polar surface area (TPSA) is 117 Å². The number of hydrogen-bond acceptors (Lipinski definition) is 5. The molecule has 20 heavy (non-hydrogen) atoms. The maximum absolute atomic E-state index is 11.5. The minimum absolute atomic E-state index is 0.401. The Morgan fingerprint density at radius 2 is 1.75 bits per heavy atom. The third kappa shape index (κ3) is 4.65. The monoisotopic (exact) mass is 284 g/mol. The molecular weight excluding hydrogens is 268 g/mol. The number of amides is 2. The number of urea groups is 1. The molecule has 4 N–H and O–H groups in total. The van der Waals surface area contributed by atoms with E-state index in [1.165, 1.54) is 14.2 Å². The van der Waals surface area contributed by atoms with Crippen LogP contribution in [0.2, 0.25) is 0 Å². The number of aliphatic hydroxyl groups is 1. The highest BCUT2D eigenvalue weighted by Crippen LogP contribution is 2.25. The van der Waals surface area contributed by atoms with Gasteiger partial charge in [0, 0.05) is 23.9 Å². The van der Waals surface area contributed by atoms with Crippen molar-refractivity contribution >= 4 is 17.7 Å². The van der Waals surface area contributed by atoms with Gasteiger partial charge in [0.1, 0.15) is 11.5 Å². The summed E-state index contributed by atoms with van der Waals surface area (Å²) in [5.41, 5.74) is 0.406. The molecule has 1 aromatic carbocycles. The van der Waals surface area contributed by atoms with Crippen molar-refractivity contribution in [1.82, 2.24) is 5.32 Å². The summed E-state index contributed by atoms with van der Waals surface area (Å²) >= 11 is 0. The number of rotatable bonds is 6. The number of aliphatic hydroxyl groups excluding tert-OH is 1. The molecule has 110 valence electrons. The molecule has 0 saturated heterocycles. The zero-order chi connectivity index (χ0) is 15.1. The van der Waals surface area contributed by atoms with Gasteiger partial charge in [-0.15, -0.1) is 0 Å². The number of carboxylic acids is 1. The van der Waals surface area contributed by atoms with Gasteiger partial charge in [0.15, 0.2) is 6.10 Å². The van der Waals surface area contributed by atoms with E-state index < -0.39 is 24.6 Å². The van der Waals surface area contributed by atoms with Crippen molar-refractivity contribution in [2.24, 2.45) is 0 Å². The van der Waals surface area contributed by atoms with Gasteiger partial charge in [-0.2, -0.15) is 0 Å². The maximum atomic E-state index is 11.5. The molecule has 1 atom stereocenters. The summed E-state index contributed by atoms with van der Waals surface area (Å²) in [7, 11) is 2.95. The molecule has 2 amide bonds. The van der Waals surface area contributed by atoms with Gasteiger partial charge >= 0.3 is 12.0 Å². The molecule has 0 unspecified atom stereocenters. The molecule has 8 heteroatoms. The van der Waals surface area contributed by atoms with Crippen LogP contribution in [0.25, 0.3) is 0 Å². The third-order valence-corrected chi connectivity index (χ3v) is 2.35. The number of aliphatic carboxylic acids is 1. The first-order chi connectivity index (χ1) is 9.46. The number of ether oxygens (including phenoxy) is 2. The second-order valence-corrected chi connectivity index (χ2v) is 3.79. The first-order valence-corrected chi connectivity index (χ1v) is 5.65. The van der Waals surface area contributed by atoms with Gasteiger partial charge < -0.3 is 30.3 Å². The number of carbonyl (C=O) groups excluding carboxylic acids is 1. The highest BCUT2D eigenvalue weighted by molar-refractivity contribution is 5.90. The van der Waals surface area contributed by atoms with E-state index >= 15 is 0 Å². The summed E-state index contributed by atoms with van der Waals surface area (Å²) in [4.78, 5) is 21.9. The Kier molecular flexibility index (Phi) is 5.60. The standard InChI is InChI=1S/C12H16N2O6/c1-19-8-3-7(4-9(5-8)20-2)14-12(18)13-6-10(15)11(16)17/h3-5,10,15H,6H2,1-2H3,(H,16,17)(H2,13,14,18)/t10-/m0/s1. The molecule has 0 aromatic heterocycles. The van der Waals surface area contributed by atoms with E-state index in [4.69, 9.17) is 19.7 Å². The Hall–Kier alpha value is -2.48. The molecule has 0 aliphatic rings. The van der Waals surface area contributed by atoms with Crippen molar-refractivity contribution in [3.05, 3.63) is 18.2 Å². The number of benzene rings is 1. The molecule has 0 fully saturated rings. The van der Waals surface area contributed by atoms with Crippen molar-refractivity contribution in [3.8, 4) is 11.5 Å². The number of methoxy groups -OCH3 is 2. The minimum Gasteiger partial charge on any atom is -0.497 e. The Morgan fingerprint density at radius 1 is 1.20 bits per heavy atom. The van der Waals surface area contributed by atoms with Crippen molar-refractivity contribution < 1.29 is 29.3 Å². The van der Waals surface area contributed by atoms with E-state index in [1.54, 1.807) is 18.2 Å². The molecule has 0 heterocycles. The van der Waals surface area contributed by atoms with Crippen molar-refractivity contribution in [2.75, 3.05) is 26.1 Å². The summed E-state index contributed by atoms with van der Waals surface area (Å²) in [6, 6.07) is 4.11. The maximum Gasteiger partial charge on any atom is 0.334 e. The van der Waals surface area contributed by atoms with Gasteiger partial charge in [-0.3, -0.25) is 0 Å². The van der Waals surface area contributed by atoms with Crippen LogP contribution in [0.15, 0.2) is 18.2 Å². The molecule has 0 aliphatic carbocycles. The van der Waals surface area contributed by atoms with Crippen LogP contribution in [0.1, 0.15) is 0 Å². The van der Waals surface area contributed by atoms with E-state index in [9.17, 15) is 9.59 Å².